The molecule has 1 aliphatic heterocycles. The molecule has 2 atom stereocenters. The number of hydrogen-bond acceptors (Lipinski definition) is 4. The molecule has 1 aromatic heterocycles. The highest BCUT2D eigenvalue weighted by Crippen LogP contribution is 2.24. The Balaban J connectivity index is 1.95. The lowest BCUT2D eigenvalue weighted by Crippen LogP contribution is -2.46. The summed E-state index contributed by atoms with van der Waals surface area (Å²) in [6, 6.07) is 0.582. The van der Waals surface area contributed by atoms with E-state index < -0.39 is 0 Å². The number of aromatic nitrogens is 1. The number of rotatable bonds is 3. The third-order valence-electron chi connectivity index (χ3n) is 3.93. The van der Waals surface area contributed by atoms with Gasteiger partial charge in [0.15, 0.2) is 0 Å². The molecule has 0 aliphatic carbocycles. The van der Waals surface area contributed by atoms with Gasteiger partial charge in [0.2, 0.25) is 0 Å². The van der Waals surface area contributed by atoms with Gasteiger partial charge in [-0.15, -0.1) is 11.3 Å². The van der Waals surface area contributed by atoms with E-state index in [0.717, 1.165) is 19.6 Å². The van der Waals surface area contributed by atoms with Gasteiger partial charge in [-0.3, -0.25) is 0 Å². The van der Waals surface area contributed by atoms with Crippen molar-refractivity contribution in [2.24, 2.45) is 5.41 Å². The smallest absolute Gasteiger partial charge is 0.0965 e. The average Bonchev–Trinajstić information content (AvgIpc) is 2.75. The molecule has 1 aromatic rings. The fraction of sp³-hybridized carbons (Fsp3) is 0.800. The highest BCUT2D eigenvalue weighted by Gasteiger charge is 2.28. The van der Waals surface area contributed by atoms with E-state index in [0.29, 0.717) is 17.4 Å². The van der Waals surface area contributed by atoms with E-state index in [2.05, 4.69) is 48.3 Å². The lowest BCUT2D eigenvalue weighted by Gasteiger charge is -2.34. The van der Waals surface area contributed by atoms with Crippen molar-refractivity contribution in [1.29, 1.82) is 0 Å². The Morgan fingerprint density at radius 1 is 1.53 bits per heavy atom. The van der Waals surface area contributed by atoms with Crippen LogP contribution < -0.4 is 5.32 Å². The van der Waals surface area contributed by atoms with Crippen molar-refractivity contribution in [3.63, 3.8) is 0 Å². The van der Waals surface area contributed by atoms with Crippen LogP contribution in [0.1, 0.15) is 45.0 Å². The number of nitrogens with one attached hydrogen (secondary N) is 1. The summed E-state index contributed by atoms with van der Waals surface area (Å²) in [6.07, 6.45) is 3.16. The molecule has 1 N–H and O–H groups in total. The molecule has 0 radical (unpaired) electrons. The summed E-state index contributed by atoms with van der Waals surface area (Å²) in [5.74, 6) is 0.540. The van der Waals surface area contributed by atoms with Crippen LogP contribution in [0.5, 0.6) is 0 Å². The van der Waals surface area contributed by atoms with Crippen LogP contribution in [0.2, 0.25) is 0 Å². The SMILES string of the molecule is CC(CN1CCCNC(C(C)(C)C)C1)c1nccs1. The lowest BCUT2D eigenvalue weighted by molar-refractivity contribution is 0.191. The molecule has 1 saturated heterocycles. The number of thiazole rings is 1. The third kappa shape index (κ3) is 4.26. The second-order valence-electron chi connectivity index (χ2n) is 6.76. The molecule has 0 spiro atoms. The van der Waals surface area contributed by atoms with Crippen LogP contribution in [0.3, 0.4) is 0 Å². The first kappa shape index (κ1) is 14.9. The third-order valence-corrected chi connectivity index (χ3v) is 4.94. The summed E-state index contributed by atoms with van der Waals surface area (Å²) in [6.45, 7) is 13.9. The molecule has 2 heterocycles. The summed E-state index contributed by atoms with van der Waals surface area (Å²) in [5, 5.41) is 7.05. The highest BCUT2D eigenvalue weighted by atomic mass is 32.1. The van der Waals surface area contributed by atoms with Crippen molar-refractivity contribution in [3.05, 3.63) is 16.6 Å². The van der Waals surface area contributed by atoms with Gasteiger partial charge in [-0.1, -0.05) is 27.7 Å². The topological polar surface area (TPSA) is 28.2 Å². The Labute approximate surface area is 121 Å². The normalized spacial score (nSPS) is 24.1. The van der Waals surface area contributed by atoms with Gasteiger partial charge >= 0.3 is 0 Å². The van der Waals surface area contributed by atoms with Gasteiger partial charge in [0, 0.05) is 36.6 Å². The van der Waals surface area contributed by atoms with E-state index >= 15 is 0 Å². The van der Waals surface area contributed by atoms with E-state index in [1.807, 2.05) is 6.20 Å². The molecule has 1 aliphatic rings. The minimum absolute atomic E-state index is 0.326. The second-order valence-corrected chi connectivity index (χ2v) is 7.68. The van der Waals surface area contributed by atoms with Crippen LogP contribution in [-0.4, -0.2) is 42.1 Å². The molecule has 4 heteroatoms. The van der Waals surface area contributed by atoms with Gasteiger partial charge in [-0.25, -0.2) is 4.98 Å². The Morgan fingerprint density at radius 3 is 2.95 bits per heavy atom. The Morgan fingerprint density at radius 2 is 2.32 bits per heavy atom. The molecule has 0 bridgehead atoms. The molecule has 1 fully saturated rings. The molecular formula is C15H27N3S. The maximum Gasteiger partial charge on any atom is 0.0965 e. The van der Waals surface area contributed by atoms with Gasteiger partial charge < -0.3 is 10.2 Å². The molecule has 0 amide bonds. The van der Waals surface area contributed by atoms with Crippen LogP contribution in [0.15, 0.2) is 11.6 Å². The molecular weight excluding hydrogens is 254 g/mol. The van der Waals surface area contributed by atoms with E-state index in [9.17, 15) is 0 Å². The Hall–Kier alpha value is -0.450. The highest BCUT2D eigenvalue weighted by molar-refractivity contribution is 7.09. The Bertz CT molecular complexity index is 369. The molecule has 2 rings (SSSR count). The fourth-order valence-corrected chi connectivity index (χ4v) is 3.37. The largest absolute Gasteiger partial charge is 0.312 e. The van der Waals surface area contributed by atoms with E-state index in [4.69, 9.17) is 0 Å². The Kier molecular flexibility index (Phi) is 4.98. The van der Waals surface area contributed by atoms with Crippen LogP contribution in [-0.2, 0) is 0 Å². The van der Waals surface area contributed by atoms with E-state index in [1.165, 1.54) is 18.0 Å². The van der Waals surface area contributed by atoms with Crippen LogP contribution in [0, 0.1) is 5.41 Å². The summed E-state index contributed by atoms with van der Waals surface area (Å²) >= 11 is 1.78. The van der Waals surface area contributed by atoms with Crippen molar-refractivity contribution in [1.82, 2.24) is 15.2 Å². The van der Waals surface area contributed by atoms with Gasteiger partial charge in [0.25, 0.3) is 0 Å². The molecule has 0 saturated carbocycles. The second kappa shape index (κ2) is 6.33. The zero-order valence-corrected chi connectivity index (χ0v) is 13.5. The van der Waals surface area contributed by atoms with Gasteiger partial charge in [0.05, 0.1) is 5.01 Å². The van der Waals surface area contributed by atoms with Gasteiger partial charge in [0.1, 0.15) is 0 Å². The first-order valence-electron chi connectivity index (χ1n) is 7.32. The first-order chi connectivity index (χ1) is 8.97. The minimum atomic E-state index is 0.326. The first-order valence-corrected chi connectivity index (χ1v) is 8.20. The maximum absolute atomic E-state index is 4.45. The van der Waals surface area contributed by atoms with Gasteiger partial charge in [-0.2, -0.15) is 0 Å². The predicted octanol–water partition coefficient (Wildman–Crippen LogP) is 2.96. The zero-order valence-electron chi connectivity index (χ0n) is 12.6. The number of nitrogens with zero attached hydrogens (tertiary/aromatic N) is 2. The van der Waals surface area contributed by atoms with Crippen LogP contribution in [0.25, 0.3) is 0 Å². The summed E-state index contributed by atoms with van der Waals surface area (Å²) in [7, 11) is 0. The standard InChI is InChI=1S/C15H27N3S/c1-12(14-17-7-9-19-14)10-18-8-5-6-16-13(11-18)15(2,3)4/h7,9,12-13,16H,5-6,8,10-11H2,1-4H3. The minimum Gasteiger partial charge on any atom is -0.312 e. The van der Waals surface area contributed by atoms with E-state index in [-0.39, 0.29) is 0 Å². The molecule has 108 valence electrons. The predicted molar refractivity (Wildman–Crippen MR) is 82.8 cm³/mol. The molecule has 19 heavy (non-hydrogen) atoms. The summed E-state index contributed by atoms with van der Waals surface area (Å²) < 4.78 is 0. The fourth-order valence-electron chi connectivity index (χ4n) is 2.68. The van der Waals surface area contributed by atoms with Crippen molar-refractivity contribution < 1.29 is 0 Å². The lowest BCUT2D eigenvalue weighted by atomic mass is 9.86. The average molecular weight is 281 g/mol. The van der Waals surface area contributed by atoms with Crippen molar-refractivity contribution >= 4 is 11.3 Å². The van der Waals surface area contributed by atoms with Crippen LogP contribution in [0.4, 0.5) is 0 Å². The van der Waals surface area contributed by atoms with Crippen molar-refractivity contribution in [2.75, 3.05) is 26.2 Å². The maximum atomic E-state index is 4.45. The number of hydrogen-bond donors (Lipinski definition) is 1. The molecule has 2 unspecified atom stereocenters. The van der Waals surface area contributed by atoms with Crippen molar-refractivity contribution in [2.45, 2.75) is 46.1 Å². The summed E-state index contributed by atoms with van der Waals surface area (Å²) in [4.78, 5) is 7.06. The zero-order chi connectivity index (χ0) is 13.9. The molecule has 3 nitrogen and oxygen atoms in total. The van der Waals surface area contributed by atoms with Gasteiger partial charge in [-0.05, 0) is 24.9 Å². The van der Waals surface area contributed by atoms with E-state index in [1.54, 1.807) is 11.3 Å². The monoisotopic (exact) mass is 281 g/mol. The quantitative estimate of drug-likeness (QED) is 0.923. The van der Waals surface area contributed by atoms with Crippen molar-refractivity contribution in [3.8, 4) is 0 Å². The van der Waals surface area contributed by atoms with Crippen LogP contribution >= 0.6 is 11.3 Å². The summed E-state index contributed by atoms with van der Waals surface area (Å²) in [5.41, 5.74) is 0.326. The molecule has 0 aromatic carbocycles.